The minimum atomic E-state index is -2.78. The van der Waals surface area contributed by atoms with E-state index in [4.69, 9.17) is 15.3 Å². The van der Waals surface area contributed by atoms with Gasteiger partial charge < -0.3 is 15.3 Å². The molecule has 0 fully saturated rings. The summed E-state index contributed by atoms with van der Waals surface area (Å²) in [6.45, 7) is 1.82. The van der Waals surface area contributed by atoms with Gasteiger partial charge in [0, 0.05) is 6.04 Å². The monoisotopic (exact) mass is 121 g/mol. The first-order valence-electron chi connectivity index (χ1n) is 2.21. The van der Waals surface area contributed by atoms with Gasteiger partial charge in [-0.3, -0.25) is 0 Å². The van der Waals surface area contributed by atoms with Crippen LogP contribution in [0.25, 0.3) is 0 Å². The van der Waals surface area contributed by atoms with Crippen LogP contribution in [0.1, 0.15) is 0 Å². The standard InChI is InChI=1S/C3H11NO2Si/c1-7(5,6)3-2-4/h5-6H,2-4H2,1H3. The molecule has 4 heteroatoms. The van der Waals surface area contributed by atoms with Gasteiger partial charge in [0.05, 0.1) is 0 Å². The van der Waals surface area contributed by atoms with E-state index in [2.05, 4.69) is 0 Å². The smallest absolute Gasteiger partial charge is 0.330 e. The van der Waals surface area contributed by atoms with E-state index in [1.165, 1.54) is 6.55 Å². The summed E-state index contributed by atoms with van der Waals surface area (Å²) in [5.41, 5.74) is 5.03. The highest BCUT2D eigenvalue weighted by atomic mass is 28.4. The molecule has 0 radical (unpaired) electrons. The molecule has 44 valence electrons. The van der Waals surface area contributed by atoms with Crippen LogP contribution in [0.15, 0.2) is 0 Å². The molecule has 0 amide bonds. The average Bonchev–Trinajstić information content (AvgIpc) is 1.30. The zero-order valence-corrected chi connectivity index (χ0v) is 5.39. The van der Waals surface area contributed by atoms with Crippen molar-refractivity contribution >= 4 is 8.56 Å². The Bertz CT molecular complexity index is 51.4. The lowest BCUT2D eigenvalue weighted by Gasteiger charge is -2.07. The van der Waals surface area contributed by atoms with Crippen LogP contribution >= 0.6 is 0 Å². The molecule has 0 saturated carbocycles. The third-order valence-electron chi connectivity index (χ3n) is 0.618. The average molecular weight is 121 g/mol. The lowest BCUT2D eigenvalue weighted by atomic mass is 10.8. The van der Waals surface area contributed by atoms with E-state index in [0.29, 0.717) is 12.6 Å². The van der Waals surface area contributed by atoms with E-state index >= 15 is 0 Å². The molecule has 0 aliphatic heterocycles. The number of nitrogens with two attached hydrogens (primary N) is 1. The molecule has 3 nitrogen and oxygen atoms in total. The summed E-state index contributed by atoms with van der Waals surface area (Å²) in [6, 6.07) is 0.368. The Hall–Kier alpha value is 0.0969. The van der Waals surface area contributed by atoms with Crippen LogP contribution in [0.3, 0.4) is 0 Å². The first-order valence-corrected chi connectivity index (χ1v) is 4.81. The fraction of sp³-hybridized carbons (Fsp3) is 1.00. The second kappa shape index (κ2) is 2.42. The van der Waals surface area contributed by atoms with Crippen molar-refractivity contribution in [2.45, 2.75) is 12.6 Å². The molecule has 0 heterocycles. The van der Waals surface area contributed by atoms with E-state index in [1.807, 2.05) is 0 Å². The maximum absolute atomic E-state index is 8.63. The summed E-state index contributed by atoms with van der Waals surface area (Å²) in [4.78, 5) is 17.3. The molecule has 0 bridgehead atoms. The maximum Gasteiger partial charge on any atom is 0.330 e. The van der Waals surface area contributed by atoms with Gasteiger partial charge in [-0.25, -0.2) is 0 Å². The zero-order chi connectivity index (χ0) is 5.91. The fourth-order valence-electron chi connectivity index (χ4n) is 0.273. The van der Waals surface area contributed by atoms with E-state index < -0.39 is 8.56 Å². The Morgan fingerprint density at radius 1 is 1.57 bits per heavy atom. The van der Waals surface area contributed by atoms with E-state index in [9.17, 15) is 0 Å². The summed E-state index contributed by atoms with van der Waals surface area (Å²) < 4.78 is 0. The van der Waals surface area contributed by atoms with Crippen molar-refractivity contribution in [1.29, 1.82) is 0 Å². The Labute approximate surface area is 44.0 Å². The molecule has 0 aromatic rings. The number of hydrogen-bond donors (Lipinski definition) is 3. The van der Waals surface area contributed by atoms with Crippen molar-refractivity contribution in [3.8, 4) is 0 Å². The van der Waals surface area contributed by atoms with Gasteiger partial charge in [-0.2, -0.15) is 0 Å². The number of hydrogen-bond acceptors (Lipinski definition) is 3. The maximum atomic E-state index is 8.63. The topological polar surface area (TPSA) is 66.5 Å². The lowest BCUT2D eigenvalue weighted by Crippen LogP contribution is -2.32. The summed E-state index contributed by atoms with van der Waals surface area (Å²) in [5.74, 6) is 0. The van der Waals surface area contributed by atoms with Crippen molar-refractivity contribution in [3.63, 3.8) is 0 Å². The first kappa shape index (κ1) is 7.10. The van der Waals surface area contributed by atoms with Gasteiger partial charge in [-0.1, -0.05) is 0 Å². The Balaban J connectivity index is 3.15. The van der Waals surface area contributed by atoms with Gasteiger partial charge in [0.2, 0.25) is 0 Å². The molecule has 0 rings (SSSR count). The molecule has 0 aromatic carbocycles. The highest BCUT2D eigenvalue weighted by Crippen LogP contribution is 1.95. The minimum absolute atomic E-state index is 0.368. The molecule has 7 heavy (non-hydrogen) atoms. The Morgan fingerprint density at radius 3 is 2.00 bits per heavy atom. The minimum Gasteiger partial charge on any atom is -0.411 e. The Kier molecular flexibility index (Phi) is 2.45. The predicted molar refractivity (Wildman–Crippen MR) is 29.9 cm³/mol. The molecule has 0 aliphatic carbocycles. The van der Waals surface area contributed by atoms with Gasteiger partial charge in [0.1, 0.15) is 0 Å². The van der Waals surface area contributed by atoms with Gasteiger partial charge in [0.25, 0.3) is 0 Å². The van der Waals surface area contributed by atoms with Crippen LogP contribution in [0.4, 0.5) is 0 Å². The summed E-state index contributed by atoms with van der Waals surface area (Å²) in [7, 11) is -2.78. The van der Waals surface area contributed by atoms with Crippen molar-refractivity contribution in [2.24, 2.45) is 5.73 Å². The second-order valence-electron chi connectivity index (χ2n) is 1.76. The van der Waals surface area contributed by atoms with Crippen molar-refractivity contribution in [1.82, 2.24) is 0 Å². The third-order valence-corrected chi connectivity index (χ3v) is 1.85. The van der Waals surface area contributed by atoms with Crippen molar-refractivity contribution in [3.05, 3.63) is 0 Å². The second-order valence-corrected chi connectivity index (χ2v) is 4.69. The highest BCUT2D eigenvalue weighted by molar-refractivity contribution is 6.63. The van der Waals surface area contributed by atoms with Crippen molar-refractivity contribution in [2.75, 3.05) is 6.54 Å². The predicted octanol–water partition coefficient (Wildman–Crippen LogP) is -0.998. The van der Waals surface area contributed by atoms with Crippen LogP contribution in [0.2, 0.25) is 12.6 Å². The molecular weight excluding hydrogens is 110 g/mol. The van der Waals surface area contributed by atoms with Crippen LogP contribution in [0, 0.1) is 0 Å². The molecule has 0 atom stereocenters. The fourth-order valence-corrected chi connectivity index (χ4v) is 0.820. The first-order chi connectivity index (χ1) is 3.06. The molecular formula is C3H11NO2Si. The van der Waals surface area contributed by atoms with Crippen LogP contribution < -0.4 is 5.73 Å². The molecule has 0 aromatic heterocycles. The third kappa shape index (κ3) is 6.10. The van der Waals surface area contributed by atoms with Gasteiger partial charge >= 0.3 is 8.56 Å². The lowest BCUT2D eigenvalue weighted by molar-refractivity contribution is 0.370. The summed E-state index contributed by atoms with van der Waals surface area (Å²) in [5, 5.41) is 0. The molecule has 0 spiro atoms. The summed E-state index contributed by atoms with van der Waals surface area (Å²) >= 11 is 0. The van der Waals surface area contributed by atoms with E-state index in [-0.39, 0.29) is 0 Å². The molecule has 4 N–H and O–H groups in total. The molecule has 0 aliphatic rings. The van der Waals surface area contributed by atoms with Crippen LogP contribution in [-0.4, -0.2) is 24.7 Å². The van der Waals surface area contributed by atoms with E-state index in [0.717, 1.165) is 0 Å². The van der Waals surface area contributed by atoms with E-state index in [1.54, 1.807) is 0 Å². The largest absolute Gasteiger partial charge is 0.411 e. The molecule has 0 unspecified atom stereocenters. The van der Waals surface area contributed by atoms with Gasteiger partial charge in [-0.15, -0.1) is 0 Å². The summed E-state index contributed by atoms with van der Waals surface area (Å²) in [6.07, 6.45) is 0. The quantitative estimate of drug-likeness (QED) is 0.411. The zero-order valence-electron chi connectivity index (χ0n) is 4.39. The normalized spacial score (nSPS) is 12.0. The van der Waals surface area contributed by atoms with Crippen LogP contribution in [0.5, 0.6) is 0 Å². The van der Waals surface area contributed by atoms with Crippen molar-refractivity contribution < 1.29 is 9.59 Å². The van der Waals surface area contributed by atoms with Gasteiger partial charge in [-0.05, 0) is 13.1 Å². The Morgan fingerprint density at radius 2 is 2.00 bits per heavy atom. The van der Waals surface area contributed by atoms with Crippen LogP contribution in [-0.2, 0) is 0 Å². The SMILES string of the molecule is C[Si](O)(O)CCN. The molecule has 0 saturated heterocycles. The van der Waals surface area contributed by atoms with Gasteiger partial charge in [0.15, 0.2) is 0 Å². The number of rotatable bonds is 2. The highest BCUT2D eigenvalue weighted by Gasteiger charge is 2.18.